The van der Waals surface area contributed by atoms with Gasteiger partial charge in [0.25, 0.3) is 0 Å². The van der Waals surface area contributed by atoms with Crippen LogP contribution in [0.5, 0.6) is 0 Å². The van der Waals surface area contributed by atoms with E-state index in [2.05, 4.69) is 4.72 Å². The normalized spacial score (nSPS) is 14.5. The quantitative estimate of drug-likeness (QED) is 0.636. The second-order valence-corrected chi connectivity index (χ2v) is 6.98. The summed E-state index contributed by atoms with van der Waals surface area (Å²) in [4.78, 5) is 0. The Morgan fingerprint density at radius 2 is 1.74 bits per heavy atom. The Labute approximate surface area is 114 Å². The second-order valence-electron chi connectivity index (χ2n) is 5.32. The molecule has 1 aromatic rings. The molecule has 0 aromatic heterocycles. The number of aryl methyl sites for hydroxylation is 1. The summed E-state index contributed by atoms with van der Waals surface area (Å²) in [5.41, 5.74) is 0.209. The molecule has 0 aliphatic rings. The van der Waals surface area contributed by atoms with Gasteiger partial charge in [-0.3, -0.25) is 0 Å². The highest BCUT2D eigenvalue weighted by atomic mass is 32.2. The van der Waals surface area contributed by atoms with E-state index in [4.69, 9.17) is 0 Å². The third-order valence-electron chi connectivity index (χ3n) is 2.34. The maximum absolute atomic E-state index is 13.4. The topological polar surface area (TPSA) is 12.0 Å². The number of nitrogens with one attached hydrogen (secondary N) is 1. The summed E-state index contributed by atoms with van der Waals surface area (Å²) in [5.74, 6) is -0.630. The number of alkyl halides is 3. The summed E-state index contributed by atoms with van der Waals surface area (Å²) >= 11 is 0.981. The molecule has 19 heavy (non-hydrogen) atoms. The summed E-state index contributed by atoms with van der Waals surface area (Å²) < 4.78 is 54.5. The van der Waals surface area contributed by atoms with Gasteiger partial charge in [-0.1, -0.05) is 24.1 Å². The zero-order valence-corrected chi connectivity index (χ0v) is 12.0. The maximum Gasteiger partial charge on any atom is 0.408 e. The number of hydrogen-bond donors (Lipinski definition) is 1. The molecule has 6 heteroatoms. The molecule has 1 atom stereocenters. The summed E-state index contributed by atoms with van der Waals surface area (Å²) in [6, 6.07) is 1.70. The standard InChI is InChI=1S/C13H17F4NS/c1-8-5-6-9(7-10(8)14)11(13(15,16)17)18-19-12(2,3)4/h5-7,11,18H,1-4H3/t11-/m1/s1. The van der Waals surface area contributed by atoms with Gasteiger partial charge in [-0.05, 0) is 44.9 Å². The lowest BCUT2D eigenvalue weighted by Gasteiger charge is -2.26. The number of rotatable bonds is 3. The Morgan fingerprint density at radius 3 is 2.16 bits per heavy atom. The first kappa shape index (κ1) is 16.3. The first-order chi connectivity index (χ1) is 8.50. The number of hydrogen-bond acceptors (Lipinski definition) is 2. The van der Waals surface area contributed by atoms with Crippen molar-refractivity contribution in [1.82, 2.24) is 4.72 Å². The number of benzene rings is 1. The molecule has 1 nitrogen and oxygen atoms in total. The summed E-state index contributed by atoms with van der Waals surface area (Å²) in [7, 11) is 0. The molecular formula is C13H17F4NS. The van der Waals surface area contributed by atoms with Crippen LogP contribution in [-0.4, -0.2) is 10.9 Å². The fraction of sp³-hybridized carbons (Fsp3) is 0.538. The van der Waals surface area contributed by atoms with Crippen molar-refractivity contribution in [3.63, 3.8) is 0 Å². The molecule has 0 aliphatic carbocycles. The SMILES string of the molecule is Cc1ccc([C@@H](NSC(C)(C)C)C(F)(F)F)cc1F. The average Bonchev–Trinajstić information content (AvgIpc) is 2.19. The third kappa shape index (κ3) is 5.03. The first-order valence-electron chi connectivity index (χ1n) is 5.77. The van der Waals surface area contributed by atoms with E-state index < -0.39 is 18.0 Å². The molecule has 0 aliphatic heterocycles. The molecular weight excluding hydrogens is 278 g/mol. The van der Waals surface area contributed by atoms with E-state index in [1.807, 2.05) is 0 Å². The van der Waals surface area contributed by atoms with Crippen LogP contribution >= 0.6 is 11.9 Å². The van der Waals surface area contributed by atoms with Crippen LogP contribution in [0.25, 0.3) is 0 Å². The van der Waals surface area contributed by atoms with Crippen LogP contribution in [0.3, 0.4) is 0 Å². The van der Waals surface area contributed by atoms with E-state index in [1.165, 1.54) is 19.1 Å². The van der Waals surface area contributed by atoms with E-state index >= 15 is 0 Å². The van der Waals surface area contributed by atoms with Gasteiger partial charge in [0.1, 0.15) is 11.9 Å². The molecule has 1 N–H and O–H groups in total. The number of halogens is 4. The van der Waals surface area contributed by atoms with Gasteiger partial charge >= 0.3 is 6.18 Å². The van der Waals surface area contributed by atoms with Crippen molar-refractivity contribution in [3.8, 4) is 0 Å². The van der Waals surface area contributed by atoms with E-state index in [9.17, 15) is 17.6 Å². The van der Waals surface area contributed by atoms with Gasteiger partial charge < -0.3 is 0 Å². The van der Waals surface area contributed by atoms with Crippen molar-refractivity contribution in [3.05, 3.63) is 35.1 Å². The van der Waals surface area contributed by atoms with Gasteiger partial charge in [0.05, 0.1) is 0 Å². The minimum absolute atomic E-state index is 0.118. The Hall–Kier alpha value is -0.750. The van der Waals surface area contributed by atoms with E-state index in [0.717, 1.165) is 18.0 Å². The Kier molecular flexibility index (Phi) is 4.90. The van der Waals surface area contributed by atoms with Crippen molar-refractivity contribution in [2.45, 2.75) is 44.7 Å². The molecule has 0 heterocycles. The minimum Gasteiger partial charge on any atom is -0.248 e. The van der Waals surface area contributed by atoms with Gasteiger partial charge in [-0.2, -0.15) is 13.2 Å². The van der Waals surface area contributed by atoms with Crippen molar-refractivity contribution in [1.29, 1.82) is 0 Å². The van der Waals surface area contributed by atoms with E-state index in [0.29, 0.717) is 5.56 Å². The first-order valence-corrected chi connectivity index (χ1v) is 6.58. The highest BCUT2D eigenvalue weighted by Gasteiger charge is 2.41. The average molecular weight is 295 g/mol. The lowest BCUT2D eigenvalue weighted by Crippen LogP contribution is -2.33. The summed E-state index contributed by atoms with van der Waals surface area (Å²) in [6.07, 6.45) is -4.47. The molecule has 108 valence electrons. The van der Waals surface area contributed by atoms with Gasteiger partial charge in [-0.15, -0.1) is 0 Å². The molecule has 0 spiro atoms. The van der Waals surface area contributed by atoms with Gasteiger partial charge in [0, 0.05) is 4.75 Å². The molecule has 0 bridgehead atoms. The van der Waals surface area contributed by atoms with Gasteiger partial charge in [0.15, 0.2) is 0 Å². The monoisotopic (exact) mass is 295 g/mol. The highest BCUT2D eigenvalue weighted by Crippen LogP contribution is 2.36. The fourth-order valence-corrected chi connectivity index (χ4v) is 2.09. The smallest absolute Gasteiger partial charge is 0.248 e. The zero-order chi connectivity index (χ0) is 14.8. The van der Waals surface area contributed by atoms with Crippen LogP contribution in [-0.2, 0) is 0 Å². The van der Waals surface area contributed by atoms with Crippen LogP contribution in [0.15, 0.2) is 18.2 Å². The molecule has 0 saturated heterocycles. The molecule has 0 saturated carbocycles. The highest BCUT2D eigenvalue weighted by molar-refractivity contribution is 7.98. The van der Waals surface area contributed by atoms with Gasteiger partial charge in [0.2, 0.25) is 0 Å². The predicted molar refractivity (Wildman–Crippen MR) is 70.4 cm³/mol. The molecule has 0 unspecified atom stereocenters. The van der Waals surface area contributed by atoms with Gasteiger partial charge in [-0.25, -0.2) is 9.11 Å². The third-order valence-corrected chi connectivity index (χ3v) is 3.31. The lowest BCUT2D eigenvalue weighted by atomic mass is 10.1. The molecule has 1 rings (SSSR count). The lowest BCUT2D eigenvalue weighted by molar-refractivity contribution is -0.152. The van der Waals surface area contributed by atoms with E-state index in [-0.39, 0.29) is 10.3 Å². The zero-order valence-electron chi connectivity index (χ0n) is 11.2. The largest absolute Gasteiger partial charge is 0.408 e. The second kappa shape index (κ2) is 5.71. The predicted octanol–water partition coefficient (Wildman–Crippen LogP) is 4.77. The van der Waals surface area contributed by atoms with Crippen LogP contribution in [0.4, 0.5) is 17.6 Å². The van der Waals surface area contributed by atoms with Crippen molar-refractivity contribution in [2.24, 2.45) is 0 Å². The van der Waals surface area contributed by atoms with Crippen LogP contribution < -0.4 is 4.72 Å². The van der Waals surface area contributed by atoms with Crippen LogP contribution in [0.1, 0.15) is 37.9 Å². The molecule has 0 radical (unpaired) electrons. The van der Waals surface area contributed by atoms with Crippen molar-refractivity contribution >= 4 is 11.9 Å². The maximum atomic E-state index is 13.4. The fourth-order valence-electron chi connectivity index (χ4n) is 1.35. The molecule has 1 aromatic carbocycles. The Morgan fingerprint density at radius 1 is 1.16 bits per heavy atom. The molecule has 0 fully saturated rings. The Bertz CT molecular complexity index is 437. The summed E-state index contributed by atoms with van der Waals surface area (Å²) in [6.45, 7) is 6.91. The van der Waals surface area contributed by atoms with Crippen LogP contribution in [0.2, 0.25) is 0 Å². The van der Waals surface area contributed by atoms with E-state index in [1.54, 1.807) is 20.8 Å². The Balaban J connectivity index is 3.00. The summed E-state index contributed by atoms with van der Waals surface area (Å²) in [5, 5.41) is 0. The molecule has 0 amide bonds. The minimum atomic E-state index is -4.47. The van der Waals surface area contributed by atoms with Crippen molar-refractivity contribution in [2.75, 3.05) is 0 Å². The van der Waals surface area contributed by atoms with Crippen molar-refractivity contribution < 1.29 is 17.6 Å². The van der Waals surface area contributed by atoms with Crippen LogP contribution in [0, 0.1) is 12.7 Å².